The van der Waals surface area contributed by atoms with Gasteiger partial charge in [-0.1, -0.05) is 12.1 Å². The molecule has 2 amide bonds. The molecule has 0 unspecified atom stereocenters. The van der Waals surface area contributed by atoms with E-state index in [2.05, 4.69) is 36.5 Å². The third-order valence-electron chi connectivity index (χ3n) is 4.06. The van der Waals surface area contributed by atoms with Crippen molar-refractivity contribution in [1.29, 1.82) is 0 Å². The largest absolute Gasteiger partial charge is 0.496 e. The Kier molecular flexibility index (Phi) is 10.2. The van der Waals surface area contributed by atoms with E-state index in [1.807, 2.05) is 0 Å². The lowest BCUT2D eigenvalue weighted by atomic mass is 10.2. The van der Waals surface area contributed by atoms with Gasteiger partial charge in [-0.2, -0.15) is 5.10 Å². The van der Waals surface area contributed by atoms with E-state index < -0.39 is 17.8 Å². The fourth-order valence-corrected chi connectivity index (χ4v) is 3.14. The third kappa shape index (κ3) is 7.79. The van der Waals surface area contributed by atoms with Gasteiger partial charge in [0.25, 0.3) is 11.8 Å². The molecule has 0 aliphatic carbocycles. The number of halogens is 1. The maximum absolute atomic E-state index is 12.2. The first kappa shape index (κ1) is 25.7. The lowest BCUT2D eigenvalue weighted by Gasteiger charge is -2.13. The normalized spacial score (nSPS) is 10.4. The zero-order valence-electron chi connectivity index (χ0n) is 18.3. The highest BCUT2D eigenvalue weighted by molar-refractivity contribution is 9.10. The lowest BCUT2D eigenvalue weighted by Crippen LogP contribution is -2.35. The highest BCUT2D eigenvalue weighted by atomic mass is 79.9. The Balaban J connectivity index is 1.97. The number of ether oxygens (including phenoxy) is 4. The smallest absolute Gasteiger partial charge is 0.343 e. The highest BCUT2D eigenvalue weighted by Crippen LogP contribution is 2.36. The topological polar surface area (TPSA) is 125 Å². The van der Waals surface area contributed by atoms with Gasteiger partial charge in [-0.25, -0.2) is 10.2 Å². The summed E-state index contributed by atoms with van der Waals surface area (Å²) in [4.78, 5) is 35.6. The molecule has 11 heteroatoms. The Morgan fingerprint density at radius 3 is 2.55 bits per heavy atom. The first-order valence-electron chi connectivity index (χ1n) is 9.78. The van der Waals surface area contributed by atoms with Crippen LogP contribution in [0.2, 0.25) is 0 Å². The summed E-state index contributed by atoms with van der Waals surface area (Å²) in [6.07, 6.45) is 1.40. The van der Waals surface area contributed by atoms with E-state index in [1.165, 1.54) is 20.4 Å². The van der Waals surface area contributed by atoms with Crippen molar-refractivity contribution in [2.75, 3.05) is 34.0 Å². The van der Waals surface area contributed by atoms with Crippen molar-refractivity contribution >= 4 is 39.9 Å². The molecule has 0 aliphatic heterocycles. The second-order valence-electron chi connectivity index (χ2n) is 6.30. The summed E-state index contributed by atoms with van der Waals surface area (Å²) in [5.41, 5.74) is 3.25. The molecule has 2 rings (SSSR count). The molecule has 0 aromatic heterocycles. The van der Waals surface area contributed by atoms with Crippen LogP contribution in [0.15, 0.2) is 46.0 Å². The van der Waals surface area contributed by atoms with Crippen molar-refractivity contribution in [3.05, 3.63) is 52.0 Å². The van der Waals surface area contributed by atoms with Gasteiger partial charge in [0.2, 0.25) is 0 Å². The zero-order chi connectivity index (χ0) is 24.2. The number of hydrogen-bond donors (Lipinski definition) is 2. The summed E-state index contributed by atoms with van der Waals surface area (Å²) in [6.45, 7) is 1.62. The molecule has 2 N–H and O–H groups in total. The van der Waals surface area contributed by atoms with E-state index in [0.717, 1.165) is 0 Å². The van der Waals surface area contributed by atoms with Crippen LogP contribution in [0, 0.1) is 0 Å². The van der Waals surface area contributed by atoms with Crippen LogP contribution in [-0.4, -0.2) is 58.0 Å². The molecular formula is C22H24BrN3O7. The first-order chi connectivity index (χ1) is 15.9. The minimum atomic E-state index is -0.532. The Morgan fingerprint density at radius 1 is 1.09 bits per heavy atom. The van der Waals surface area contributed by atoms with Gasteiger partial charge in [-0.15, -0.1) is 0 Å². The second kappa shape index (κ2) is 13.1. The van der Waals surface area contributed by atoms with Crippen molar-refractivity contribution in [3.63, 3.8) is 0 Å². The molecule has 10 nitrogen and oxygen atoms in total. The number of nitrogens with one attached hydrogen (secondary N) is 2. The number of rotatable bonds is 11. The molecule has 0 aliphatic rings. The summed E-state index contributed by atoms with van der Waals surface area (Å²) in [7, 11) is 2.72. The van der Waals surface area contributed by atoms with Gasteiger partial charge in [0.05, 0.1) is 43.6 Å². The number of carbonyl (C=O) groups is 3. The molecule has 0 fully saturated rings. The average Bonchev–Trinajstić information content (AvgIpc) is 2.81. The first-order valence-corrected chi connectivity index (χ1v) is 10.6. The van der Waals surface area contributed by atoms with E-state index in [1.54, 1.807) is 43.3 Å². The number of carbonyl (C=O) groups excluding carboxylic acids is 3. The third-order valence-corrected chi connectivity index (χ3v) is 4.65. The molecule has 2 aromatic rings. The number of para-hydroxylation sites is 1. The molecule has 0 saturated heterocycles. The van der Waals surface area contributed by atoms with Gasteiger partial charge in [0, 0.05) is 0 Å². The quantitative estimate of drug-likeness (QED) is 0.264. The Hall–Kier alpha value is -3.60. The summed E-state index contributed by atoms with van der Waals surface area (Å²) < 4.78 is 21.3. The SMILES string of the molecule is CCOc1cc(C=NNC(=O)CNC(=O)c2ccccc2OC)cc(Br)c1OCC(=O)OC. The minimum Gasteiger partial charge on any atom is -0.496 e. The number of hydrazone groups is 1. The summed E-state index contributed by atoms with van der Waals surface area (Å²) >= 11 is 3.37. The molecule has 0 heterocycles. The van der Waals surface area contributed by atoms with Crippen LogP contribution in [0.3, 0.4) is 0 Å². The second-order valence-corrected chi connectivity index (χ2v) is 7.16. The van der Waals surface area contributed by atoms with Crippen LogP contribution in [-0.2, 0) is 14.3 Å². The van der Waals surface area contributed by atoms with Crippen LogP contribution in [0.25, 0.3) is 0 Å². The molecule has 2 aromatic carbocycles. The molecule has 0 saturated carbocycles. The van der Waals surface area contributed by atoms with Gasteiger partial charge in [0.15, 0.2) is 18.1 Å². The van der Waals surface area contributed by atoms with Gasteiger partial charge >= 0.3 is 5.97 Å². The van der Waals surface area contributed by atoms with Crippen molar-refractivity contribution in [2.45, 2.75) is 6.92 Å². The van der Waals surface area contributed by atoms with Gasteiger partial charge in [0.1, 0.15) is 5.75 Å². The number of amides is 2. The molecular weight excluding hydrogens is 498 g/mol. The monoisotopic (exact) mass is 521 g/mol. The summed E-state index contributed by atoms with van der Waals surface area (Å²) in [5, 5.41) is 6.40. The van der Waals surface area contributed by atoms with E-state index in [9.17, 15) is 14.4 Å². The fraction of sp³-hybridized carbons (Fsp3) is 0.273. The number of nitrogens with zero attached hydrogens (tertiary/aromatic N) is 1. The number of benzene rings is 2. The zero-order valence-corrected chi connectivity index (χ0v) is 19.9. The molecule has 0 bridgehead atoms. The van der Waals surface area contributed by atoms with Crippen LogP contribution < -0.4 is 25.0 Å². The van der Waals surface area contributed by atoms with E-state index in [0.29, 0.717) is 39.5 Å². The van der Waals surface area contributed by atoms with Gasteiger partial charge in [-0.05, 0) is 52.7 Å². The highest BCUT2D eigenvalue weighted by Gasteiger charge is 2.14. The number of methoxy groups -OCH3 is 2. The van der Waals surface area contributed by atoms with Crippen LogP contribution >= 0.6 is 15.9 Å². The van der Waals surface area contributed by atoms with E-state index in [-0.39, 0.29) is 13.2 Å². The van der Waals surface area contributed by atoms with Gasteiger partial charge in [-0.3, -0.25) is 9.59 Å². The van der Waals surface area contributed by atoms with Crippen LogP contribution in [0.4, 0.5) is 0 Å². The molecule has 0 radical (unpaired) electrons. The predicted octanol–water partition coefficient (Wildman–Crippen LogP) is 2.29. The Morgan fingerprint density at radius 2 is 1.85 bits per heavy atom. The number of esters is 1. The Bertz CT molecular complexity index is 1030. The lowest BCUT2D eigenvalue weighted by molar-refractivity contribution is -0.143. The summed E-state index contributed by atoms with van der Waals surface area (Å²) in [5.74, 6) is -0.371. The van der Waals surface area contributed by atoms with Crippen molar-refractivity contribution in [3.8, 4) is 17.2 Å². The van der Waals surface area contributed by atoms with Crippen LogP contribution in [0.1, 0.15) is 22.8 Å². The standard InChI is InChI=1S/C22H24BrN3O7/c1-4-32-18-10-14(9-16(23)21(18)33-13-20(28)31-3)11-25-26-19(27)12-24-22(29)15-7-5-6-8-17(15)30-2/h5-11H,4,12-13H2,1-3H3,(H,24,29)(H,26,27). The van der Waals surface area contributed by atoms with Crippen molar-refractivity contribution in [2.24, 2.45) is 5.10 Å². The number of hydrogen-bond acceptors (Lipinski definition) is 8. The maximum atomic E-state index is 12.2. The van der Waals surface area contributed by atoms with Crippen LogP contribution in [0.5, 0.6) is 17.2 Å². The van der Waals surface area contributed by atoms with E-state index in [4.69, 9.17) is 14.2 Å². The van der Waals surface area contributed by atoms with Crippen molar-refractivity contribution in [1.82, 2.24) is 10.7 Å². The minimum absolute atomic E-state index is 0.275. The molecule has 0 atom stereocenters. The molecule has 0 spiro atoms. The maximum Gasteiger partial charge on any atom is 0.343 e. The van der Waals surface area contributed by atoms with Gasteiger partial charge < -0.3 is 24.3 Å². The molecule has 176 valence electrons. The van der Waals surface area contributed by atoms with Crippen molar-refractivity contribution < 1.29 is 33.3 Å². The predicted molar refractivity (Wildman–Crippen MR) is 124 cm³/mol. The Labute approximate surface area is 199 Å². The van der Waals surface area contributed by atoms with E-state index >= 15 is 0 Å². The fourth-order valence-electron chi connectivity index (χ4n) is 2.56. The summed E-state index contributed by atoms with van der Waals surface area (Å²) in [6, 6.07) is 10.00. The molecule has 33 heavy (non-hydrogen) atoms. The average molecular weight is 522 g/mol.